The Balaban J connectivity index is 1.56. The van der Waals surface area contributed by atoms with E-state index in [1.165, 1.54) is 6.07 Å². The maximum atomic E-state index is 12.5. The number of nitrogens with zero attached hydrogens (tertiary/aromatic N) is 4. The summed E-state index contributed by atoms with van der Waals surface area (Å²) in [5.74, 6) is 0.459. The van der Waals surface area contributed by atoms with Gasteiger partial charge in [-0.2, -0.15) is 13.2 Å². The van der Waals surface area contributed by atoms with E-state index in [9.17, 15) is 18.0 Å². The van der Waals surface area contributed by atoms with Gasteiger partial charge in [0, 0.05) is 38.4 Å². The van der Waals surface area contributed by atoms with Gasteiger partial charge in [0.1, 0.15) is 5.69 Å². The third-order valence-electron chi connectivity index (χ3n) is 4.02. The lowest BCUT2D eigenvalue weighted by molar-refractivity contribution is -0.141. The highest BCUT2D eigenvalue weighted by molar-refractivity contribution is 5.94. The number of amides is 1. The molecule has 0 unspecified atom stereocenters. The van der Waals surface area contributed by atoms with Crippen molar-refractivity contribution < 1.29 is 22.5 Å². The van der Waals surface area contributed by atoms with E-state index in [0.717, 1.165) is 23.7 Å². The number of aromatic nitrogens is 2. The molecule has 1 amide bonds. The quantitative estimate of drug-likeness (QED) is 0.847. The Hall–Kier alpha value is -2.42. The van der Waals surface area contributed by atoms with Crippen LogP contribution in [0.4, 0.5) is 13.2 Å². The Morgan fingerprint density at radius 2 is 1.96 bits per heavy atom. The highest BCUT2D eigenvalue weighted by Gasteiger charge is 2.32. The van der Waals surface area contributed by atoms with Gasteiger partial charge in [0.25, 0.3) is 5.91 Å². The van der Waals surface area contributed by atoms with Crippen LogP contribution in [0.15, 0.2) is 28.9 Å². The molecular formula is C16H17F3N4O2. The van der Waals surface area contributed by atoms with Crippen LogP contribution in [0.3, 0.4) is 0 Å². The number of pyridine rings is 1. The summed E-state index contributed by atoms with van der Waals surface area (Å²) >= 11 is 0. The second-order valence-electron chi connectivity index (χ2n) is 5.93. The minimum atomic E-state index is -4.51. The van der Waals surface area contributed by atoms with Crippen LogP contribution in [-0.2, 0) is 12.7 Å². The molecule has 0 bridgehead atoms. The van der Waals surface area contributed by atoms with E-state index in [-0.39, 0.29) is 11.5 Å². The van der Waals surface area contributed by atoms with Crippen LogP contribution in [0.25, 0.3) is 0 Å². The molecule has 1 fully saturated rings. The minimum absolute atomic E-state index is 0.160. The molecule has 1 aliphatic heterocycles. The Bertz CT molecular complexity index is 735. The van der Waals surface area contributed by atoms with Gasteiger partial charge in [0.05, 0.1) is 17.8 Å². The van der Waals surface area contributed by atoms with E-state index >= 15 is 0 Å². The predicted octanol–water partition coefficient (Wildman–Crippen LogP) is 2.35. The molecule has 2 aromatic rings. The largest absolute Gasteiger partial charge is 0.433 e. The predicted molar refractivity (Wildman–Crippen MR) is 81.7 cm³/mol. The van der Waals surface area contributed by atoms with Crippen molar-refractivity contribution in [2.75, 3.05) is 26.2 Å². The summed E-state index contributed by atoms with van der Waals surface area (Å²) in [5.41, 5.74) is -0.0258. The fourth-order valence-corrected chi connectivity index (χ4v) is 2.69. The number of alkyl halides is 3. The molecule has 1 saturated heterocycles. The monoisotopic (exact) mass is 354 g/mol. The molecule has 0 N–H and O–H groups in total. The zero-order valence-corrected chi connectivity index (χ0v) is 13.6. The first-order valence-electron chi connectivity index (χ1n) is 7.80. The maximum Gasteiger partial charge on any atom is 0.433 e. The van der Waals surface area contributed by atoms with Crippen LogP contribution < -0.4 is 0 Å². The summed E-state index contributed by atoms with van der Waals surface area (Å²) in [4.78, 5) is 19.5. The normalized spacial score (nSPS) is 16.2. The van der Waals surface area contributed by atoms with Crippen molar-refractivity contribution in [2.45, 2.75) is 19.6 Å². The molecule has 134 valence electrons. The molecule has 0 atom stereocenters. The zero-order chi connectivity index (χ0) is 18.0. The molecule has 1 aliphatic rings. The van der Waals surface area contributed by atoms with Crippen LogP contribution >= 0.6 is 0 Å². The van der Waals surface area contributed by atoms with Gasteiger partial charge < -0.3 is 9.42 Å². The molecule has 25 heavy (non-hydrogen) atoms. The molecule has 0 aromatic carbocycles. The molecule has 0 radical (unpaired) electrons. The molecule has 2 aromatic heterocycles. The maximum absolute atomic E-state index is 12.5. The van der Waals surface area contributed by atoms with Gasteiger partial charge in [0.15, 0.2) is 5.76 Å². The summed E-state index contributed by atoms with van der Waals surface area (Å²) < 4.78 is 42.7. The van der Waals surface area contributed by atoms with Gasteiger partial charge in [-0.1, -0.05) is 5.16 Å². The summed E-state index contributed by atoms with van der Waals surface area (Å²) in [6, 6.07) is 3.86. The van der Waals surface area contributed by atoms with Crippen molar-refractivity contribution in [1.82, 2.24) is 19.9 Å². The number of halogens is 3. The lowest BCUT2D eigenvalue weighted by Gasteiger charge is -2.34. The van der Waals surface area contributed by atoms with Crippen molar-refractivity contribution in [1.29, 1.82) is 0 Å². The topological polar surface area (TPSA) is 62.5 Å². The molecule has 0 spiro atoms. The summed E-state index contributed by atoms with van der Waals surface area (Å²) in [7, 11) is 0. The first-order valence-corrected chi connectivity index (χ1v) is 7.80. The average molecular weight is 354 g/mol. The Morgan fingerprint density at radius 3 is 2.48 bits per heavy atom. The minimum Gasteiger partial charge on any atom is -0.360 e. The smallest absolute Gasteiger partial charge is 0.360 e. The van der Waals surface area contributed by atoms with Crippen LogP contribution in [-0.4, -0.2) is 52.0 Å². The van der Waals surface area contributed by atoms with Gasteiger partial charge in [-0.3, -0.25) is 14.7 Å². The van der Waals surface area contributed by atoms with Crippen molar-refractivity contribution in [2.24, 2.45) is 0 Å². The first kappa shape index (κ1) is 17.4. The van der Waals surface area contributed by atoms with Crippen molar-refractivity contribution in [3.63, 3.8) is 0 Å². The van der Waals surface area contributed by atoms with E-state index in [2.05, 4.69) is 15.0 Å². The summed E-state index contributed by atoms with van der Waals surface area (Å²) in [5, 5.41) is 3.84. The van der Waals surface area contributed by atoms with E-state index in [1.54, 1.807) is 4.90 Å². The fraction of sp³-hybridized carbons (Fsp3) is 0.438. The second kappa shape index (κ2) is 6.83. The number of piperazine rings is 1. The number of rotatable bonds is 3. The lowest BCUT2D eigenvalue weighted by atomic mass is 10.2. The van der Waals surface area contributed by atoms with Crippen molar-refractivity contribution in [3.05, 3.63) is 47.1 Å². The number of hydrogen-bond acceptors (Lipinski definition) is 5. The highest BCUT2D eigenvalue weighted by Crippen LogP contribution is 2.27. The van der Waals surface area contributed by atoms with Gasteiger partial charge in [0.2, 0.25) is 0 Å². The van der Waals surface area contributed by atoms with Crippen LogP contribution in [0, 0.1) is 6.92 Å². The van der Waals surface area contributed by atoms with E-state index in [1.807, 2.05) is 13.0 Å². The molecular weight excluding hydrogens is 337 g/mol. The Kier molecular flexibility index (Phi) is 4.76. The first-order chi connectivity index (χ1) is 11.8. The third-order valence-corrected chi connectivity index (χ3v) is 4.02. The molecule has 6 nitrogen and oxygen atoms in total. The van der Waals surface area contributed by atoms with E-state index in [0.29, 0.717) is 32.7 Å². The van der Waals surface area contributed by atoms with E-state index < -0.39 is 11.9 Å². The summed E-state index contributed by atoms with van der Waals surface area (Å²) in [6.45, 7) is 4.76. The molecule has 0 aliphatic carbocycles. The molecule has 3 rings (SSSR count). The number of carbonyl (C=O) groups excluding carboxylic acids is 1. The summed E-state index contributed by atoms with van der Waals surface area (Å²) in [6.07, 6.45) is -3.53. The van der Waals surface area contributed by atoms with Crippen molar-refractivity contribution >= 4 is 5.91 Å². The molecule has 3 heterocycles. The third kappa shape index (κ3) is 4.16. The van der Waals surface area contributed by atoms with Crippen LogP contribution in [0.1, 0.15) is 27.5 Å². The number of aryl methyl sites for hydroxylation is 1. The SMILES string of the molecule is Cc1cc(CN2CCN(C(=O)c3ccc(C(F)(F)F)nc3)CC2)on1. The van der Waals surface area contributed by atoms with Gasteiger partial charge >= 0.3 is 6.18 Å². The second-order valence-corrected chi connectivity index (χ2v) is 5.93. The zero-order valence-electron chi connectivity index (χ0n) is 13.6. The number of carbonyl (C=O) groups is 1. The number of hydrogen-bond donors (Lipinski definition) is 0. The Morgan fingerprint density at radius 1 is 1.24 bits per heavy atom. The van der Waals surface area contributed by atoms with Crippen LogP contribution in [0.2, 0.25) is 0 Å². The fourth-order valence-electron chi connectivity index (χ4n) is 2.69. The van der Waals surface area contributed by atoms with Crippen LogP contribution in [0.5, 0.6) is 0 Å². The van der Waals surface area contributed by atoms with E-state index in [4.69, 9.17) is 4.52 Å². The lowest BCUT2D eigenvalue weighted by Crippen LogP contribution is -2.48. The highest BCUT2D eigenvalue weighted by atomic mass is 19.4. The average Bonchev–Trinajstić information content (AvgIpc) is 2.99. The van der Waals surface area contributed by atoms with Gasteiger partial charge in [-0.05, 0) is 19.1 Å². The van der Waals surface area contributed by atoms with Gasteiger partial charge in [-0.25, -0.2) is 0 Å². The van der Waals surface area contributed by atoms with Gasteiger partial charge in [-0.15, -0.1) is 0 Å². The standard InChI is InChI=1S/C16H17F3N4O2/c1-11-8-13(25-21-11)10-22-4-6-23(7-5-22)15(24)12-2-3-14(20-9-12)16(17,18)19/h2-3,8-9H,4-7,10H2,1H3. The molecule has 9 heteroatoms. The Labute approximate surface area is 142 Å². The molecule has 0 saturated carbocycles. The van der Waals surface area contributed by atoms with Crippen molar-refractivity contribution in [3.8, 4) is 0 Å².